The van der Waals surface area contributed by atoms with E-state index in [1.54, 1.807) is 42.5 Å². The molecule has 0 aromatic heterocycles. The molecule has 1 fully saturated rings. The number of nitrogens with one attached hydrogen (secondary N) is 1. The molecule has 0 amide bonds. The van der Waals surface area contributed by atoms with E-state index in [1.807, 2.05) is 6.92 Å². The molecule has 38 heavy (non-hydrogen) atoms. The number of ether oxygens (including phenoxy) is 1. The van der Waals surface area contributed by atoms with E-state index in [1.165, 1.54) is 0 Å². The van der Waals surface area contributed by atoms with E-state index in [0.717, 1.165) is 5.56 Å². The Hall–Kier alpha value is -2.11. The maximum Gasteiger partial charge on any atom is 0.453 e. The first-order chi connectivity index (χ1) is 17.6. The topological polar surface area (TPSA) is 41.5 Å². The predicted octanol–water partition coefficient (Wildman–Crippen LogP) is 8.25. The number of halogens is 9. The Bertz CT molecular complexity index is 1070. The fourth-order valence-electron chi connectivity index (χ4n) is 4.75. The summed E-state index contributed by atoms with van der Waals surface area (Å²) in [6.45, 7) is 1.03. The van der Waals surface area contributed by atoms with Crippen molar-refractivity contribution in [3.63, 3.8) is 0 Å². The van der Waals surface area contributed by atoms with Crippen molar-refractivity contribution >= 4 is 11.6 Å². The molecule has 2 aromatic rings. The number of benzene rings is 2. The molecule has 2 atom stereocenters. The standard InChI is InChI=1S/C26H28ClF8NO2/c1-2-15-12-20(10-11-21(15)27)38-19-5-3-4-17(13-19)23(36-14-22(37)25(30,31)32)16-6-8-18(9-7-16)24(28,29)26(33,34)35/h3-5,10-13,16,18,22-23,36-37H,2,6-9,14H2,1H3. The SMILES string of the molecule is CCc1cc(Oc2cccc(C(NCC(O)C(F)(F)F)C3CCC(C(F)(F)C(F)(F)F)CC3)c2)ccc1Cl. The van der Waals surface area contributed by atoms with E-state index in [2.05, 4.69) is 5.32 Å². The summed E-state index contributed by atoms with van der Waals surface area (Å²) in [6, 6.07) is 10.6. The number of alkyl halides is 8. The zero-order valence-electron chi connectivity index (χ0n) is 20.4. The molecule has 3 rings (SSSR count). The highest BCUT2D eigenvalue weighted by Crippen LogP contribution is 2.49. The van der Waals surface area contributed by atoms with Gasteiger partial charge in [-0.1, -0.05) is 30.7 Å². The van der Waals surface area contributed by atoms with Crippen molar-refractivity contribution in [2.45, 2.75) is 69.4 Å². The molecule has 1 aliphatic carbocycles. The molecule has 0 aliphatic heterocycles. The van der Waals surface area contributed by atoms with Crippen LogP contribution in [0.1, 0.15) is 49.8 Å². The van der Waals surface area contributed by atoms with Gasteiger partial charge < -0.3 is 15.2 Å². The molecule has 0 bridgehead atoms. The first-order valence-electron chi connectivity index (χ1n) is 12.1. The van der Waals surface area contributed by atoms with Gasteiger partial charge in [-0.05, 0) is 79.5 Å². The number of hydrogen-bond donors (Lipinski definition) is 2. The molecule has 0 radical (unpaired) electrons. The van der Waals surface area contributed by atoms with Crippen molar-refractivity contribution in [2.75, 3.05) is 6.54 Å². The Labute approximate surface area is 220 Å². The minimum Gasteiger partial charge on any atom is -0.457 e. The van der Waals surface area contributed by atoms with Crippen LogP contribution < -0.4 is 10.1 Å². The highest BCUT2D eigenvalue weighted by molar-refractivity contribution is 6.31. The summed E-state index contributed by atoms with van der Waals surface area (Å²) in [4.78, 5) is 0. The first-order valence-corrected chi connectivity index (χ1v) is 12.5. The Morgan fingerprint density at radius 3 is 2.16 bits per heavy atom. The van der Waals surface area contributed by atoms with Crippen LogP contribution in [0.2, 0.25) is 5.02 Å². The summed E-state index contributed by atoms with van der Waals surface area (Å²) in [5.74, 6) is -6.50. The second kappa shape index (κ2) is 12.0. The summed E-state index contributed by atoms with van der Waals surface area (Å²) in [5.41, 5.74) is 1.29. The van der Waals surface area contributed by atoms with Crippen LogP contribution in [-0.4, -0.2) is 36.0 Å². The summed E-state index contributed by atoms with van der Waals surface area (Å²) < 4.78 is 111. The van der Waals surface area contributed by atoms with E-state index < -0.39 is 61.6 Å². The van der Waals surface area contributed by atoms with Crippen LogP contribution in [-0.2, 0) is 6.42 Å². The number of aliphatic hydroxyl groups excluding tert-OH is 1. The van der Waals surface area contributed by atoms with Gasteiger partial charge in [0.1, 0.15) is 11.5 Å². The smallest absolute Gasteiger partial charge is 0.453 e. The number of aliphatic hydroxyl groups is 1. The predicted molar refractivity (Wildman–Crippen MR) is 127 cm³/mol. The first kappa shape index (κ1) is 30.4. The fraction of sp³-hybridized carbons (Fsp3) is 0.538. The Morgan fingerprint density at radius 2 is 1.58 bits per heavy atom. The van der Waals surface area contributed by atoms with Crippen LogP contribution >= 0.6 is 11.6 Å². The molecule has 1 aliphatic rings. The van der Waals surface area contributed by atoms with Gasteiger partial charge in [-0.15, -0.1) is 0 Å². The molecular formula is C26H28ClF8NO2. The van der Waals surface area contributed by atoms with Gasteiger partial charge in [-0.25, -0.2) is 0 Å². The van der Waals surface area contributed by atoms with Gasteiger partial charge in [0.15, 0.2) is 6.10 Å². The van der Waals surface area contributed by atoms with Crippen LogP contribution in [0.25, 0.3) is 0 Å². The molecule has 12 heteroatoms. The summed E-state index contributed by atoms with van der Waals surface area (Å²) in [7, 11) is 0. The monoisotopic (exact) mass is 573 g/mol. The molecule has 1 saturated carbocycles. The van der Waals surface area contributed by atoms with Crippen LogP contribution in [0.3, 0.4) is 0 Å². The number of hydrogen-bond acceptors (Lipinski definition) is 3. The fourth-order valence-corrected chi connectivity index (χ4v) is 5.00. The molecule has 0 saturated heterocycles. The molecular weight excluding hydrogens is 546 g/mol. The summed E-state index contributed by atoms with van der Waals surface area (Å²) >= 11 is 6.13. The summed E-state index contributed by atoms with van der Waals surface area (Å²) in [6.07, 6.45) is -13.6. The van der Waals surface area contributed by atoms with Crippen molar-refractivity contribution in [3.8, 4) is 11.5 Å². The highest BCUT2D eigenvalue weighted by Gasteiger charge is 2.62. The van der Waals surface area contributed by atoms with Crippen LogP contribution in [0.4, 0.5) is 35.1 Å². The molecule has 2 N–H and O–H groups in total. The third-order valence-electron chi connectivity index (χ3n) is 6.89. The average molecular weight is 574 g/mol. The quantitative estimate of drug-likeness (QED) is 0.297. The van der Waals surface area contributed by atoms with Crippen molar-refractivity contribution < 1.29 is 45.0 Å². The van der Waals surface area contributed by atoms with Gasteiger partial charge in [0.05, 0.1) is 0 Å². The van der Waals surface area contributed by atoms with Crippen LogP contribution in [0.15, 0.2) is 42.5 Å². The second-order valence-electron chi connectivity index (χ2n) is 9.46. The largest absolute Gasteiger partial charge is 0.457 e. The van der Waals surface area contributed by atoms with Gasteiger partial charge in [0.25, 0.3) is 0 Å². The van der Waals surface area contributed by atoms with Gasteiger partial charge in [-0.3, -0.25) is 0 Å². The molecule has 3 nitrogen and oxygen atoms in total. The lowest BCUT2D eigenvalue weighted by Gasteiger charge is -2.38. The average Bonchev–Trinajstić information content (AvgIpc) is 2.84. The Kier molecular flexibility index (Phi) is 9.58. The van der Waals surface area contributed by atoms with Crippen molar-refractivity contribution in [2.24, 2.45) is 11.8 Å². The molecule has 2 aromatic carbocycles. The number of rotatable bonds is 9. The third-order valence-corrected chi connectivity index (χ3v) is 7.26. The zero-order chi connectivity index (χ0) is 28.3. The number of aryl methyl sites for hydroxylation is 1. The second-order valence-corrected chi connectivity index (χ2v) is 9.86. The van der Waals surface area contributed by atoms with Crippen molar-refractivity contribution in [3.05, 3.63) is 58.6 Å². The molecule has 2 unspecified atom stereocenters. The van der Waals surface area contributed by atoms with Crippen LogP contribution in [0, 0.1) is 11.8 Å². The maximum absolute atomic E-state index is 13.9. The van der Waals surface area contributed by atoms with Gasteiger partial charge in [0.2, 0.25) is 0 Å². The van der Waals surface area contributed by atoms with Crippen molar-refractivity contribution in [1.29, 1.82) is 0 Å². The molecule has 0 heterocycles. The van der Waals surface area contributed by atoms with E-state index in [0.29, 0.717) is 28.5 Å². The maximum atomic E-state index is 13.9. The highest BCUT2D eigenvalue weighted by atomic mass is 35.5. The van der Waals surface area contributed by atoms with Crippen LogP contribution in [0.5, 0.6) is 11.5 Å². The van der Waals surface area contributed by atoms with E-state index in [4.69, 9.17) is 16.3 Å². The third kappa shape index (κ3) is 7.30. The Balaban J connectivity index is 1.82. The lowest BCUT2D eigenvalue weighted by Crippen LogP contribution is -2.46. The minimum atomic E-state index is -5.68. The summed E-state index contributed by atoms with van der Waals surface area (Å²) in [5, 5.41) is 12.7. The van der Waals surface area contributed by atoms with E-state index >= 15 is 0 Å². The lowest BCUT2D eigenvalue weighted by molar-refractivity contribution is -0.306. The normalized spacial score (nSPS) is 20.7. The van der Waals surface area contributed by atoms with E-state index in [9.17, 15) is 40.2 Å². The van der Waals surface area contributed by atoms with Crippen molar-refractivity contribution in [1.82, 2.24) is 5.32 Å². The molecule has 0 spiro atoms. The Morgan fingerprint density at radius 1 is 0.947 bits per heavy atom. The van der Waals surface area contributed by atoms with Gasteiger partial charge in [-0.2, -0.15) is 35.1 Å². The van der Waals surface area contributed by atoms with E-state index in [-0.39, 0.29) is 12.8 Å². The molecule has 212 valence electrons. The lowest BCUT2D eigenvalue weighted by atomic mass is 9.74. The minimum absolute atomic E-state index is 0.0712. The zero-order valence-corrected chi connectivity index (χ0v) is 21.1. The van der Waals surface area contributed by atoms with Gasteiger partial charge >= 0.3 is 18.3 Å². The van der Waals surface area contributed by atoms with Gasteiger partial charge in [0, 0.05) is 23.5 Å².